The Labute approximate surface area is 238 Å². The largest absolute Gasteiger partial charge is 0.508 e. The molecule has 7 nitrogen and oxygen atoms in total. The number of Topliss-reactive ketones (excluding diaryl/α,β-unsaturated/α-hetero) is 1. The topological polar surface area (TPSA) is 112 Å². The van der Waals surface area contributed by atoms with Crippen molar-refractivity contribution in [3.05, 3.63) is 106 Å². The molecule has 2 amide bonds. The van der Waals surface area contributed by atoms with E-state index < -0.39 is 23.7 Å². The molecule has 7 heteroatoms. The first-order valence-corrected chi connectivity index (χ1v) is 14.0. The van der Waals surface area contributed by atoms with Gasteiger partial charge in [-0.05, 0) is 67.9 Å². The van der Waals surface area contributed by atoms with Crippen LogP contribution in [0.25, 0.3) is 0 Å². The molecule has 0 saturated carbocycles. The van der Waals surface area contributed by atoms with E-state index in [2.05, 4.69) is 6.58 Å². The van der Waals surface area contributed by atoms with Crippen molar-refractivity contribution in [1.29, 1.82) is 0 Å². The maximum Gasteiger partial charge on any atom is 0.233 e. The average Bonchev–Trinajstić information content (AvgIpc) is 3.20. The first kappa shape index (κ1) is 26.7. The van der Waals surface area contributed by atoms with Gasteiger partial charge in [0.2, 0.25) is 11.8 Å². The predicted octanol–water partition coefficient (Wildman–Crippen LogP) is 4.50. The van der Waals surface area contributed by atoms with E-state index in [9.17, 15) is 29.4 Å². The van der Waals surface area contributed by atoms with Gasteiger partial charge in [-0.2, -0.15) is 0 Å². The van der Waals surface area contributed by atoms with E-state index in [1.807, 2.05) is 12.1 Å². The lowest BCUT2D eigenvalue weighted by Gasteiger charge is -2.42. The number of imide groups is 1. The Balaban J connectivity index is 1.40. The molecule has 3 aliphatic carbocycles. The molecule has 0 bridgehead atoms. The van der Waals surface area contributed by atoms with E-state index >= 15 is 0 Å². The highest BCUT2D eigenvalue weighted by molar-refractivity contribution is 6.23. The molecule has 41 heavy (non-hydrogen) atoms. The highest BCUT2D eigenvalue weighted by atomic mass is 16.3. The summed E-state index contributed by atoms with van der Waals surface area (Å²) in [7, 11) is 0. The summed E-state index contributed by atoms with van der Waals surface area (Å²) in [5.74, 6) is -3.10. The normalized spacial score (nSPS) is 25.4. The minimum absolute atomic E-state index is 0.0452. The number of nitrogens with zero attached hydrogens (tertiary/aromatic N) is 1. The van der Waals surface area contributed by atoms with E-state index in [0.717, 1.165) is 11.1 Å². The average molecular weight is 550 g/mol. The maximum atomic E-state index is 13.9. The van der Waals surface area contributed by atoms with Crippen LogP contribution >= 0.6 is 0 Å². The number of phenols is 2. The van der Waals surface area contributed by atoms with Gasteiger partial charge in [0.25, 0.3) is 0 Å². The second-order valence-corrected chi connectivity index (χ2v) is 11.3. The number of allylic oxidation sites excluding steroid dienone is 7. The number of phenolic OH excluding ortho intramolecular Hbond substituents is 2. The number of amides is 2. The van der Waals surface area contributed by atoms with Gasteiger partial charge in [0.05, 0.1) is 11.8 Å². The van der Waals surface area contributed by atoms with Crippen molar-refractivity contribution >= 4 is 23.4 Å². The summed E-state index contributed by atoms with van der Waals surface area (Å²) in [5.41, 5.74) is 3.96. The van der Waals surface area contributed by atoms with Crippen LogP contribution in [0.1, 0.15) is 42.4 Å². The lowest BCUT2D eigenvalue weighted by molar-refractivity contribution is -0.140. The number of rotatable bonds is 6. The van der Waals surface area contributed by atoms with Gasteiger partial charge in [-0.25, -0.2) is 0 Å². The van der Waals surface area contributed by atoms with Gasteiger partial charge in [-0.1, -0.05) is 48.1 Å². The fourth-order valence-electron chi connectivity index (χ4n) is 7.09. The second-order valence-electron chi connectivity index (χ2n) is 11.3. The van der Waals surface area contributed by atoms with E-state index in [0.29, 0.717) is 47.1 Å². The van der Waals surface area contributed by atoms with Crippen LogP contribution < -0.4 is 0 Å². The molecule has 4 atom stereocenters. The van der Waals surface area contributed by atoms with E-state index in [1.165, 1.54) is 11.0 Å². The van der Waals surface area contributed by atoms with Crippen LogP contribution in [0.3, 0.4) is 0 Å². The molecule has 2 aromatic carbocycles. The second kappa shape index (κ2) is 10.1. The molecular weight excluding hydrogens is 518 g/mol. The summed E-state index contributed by atoms with van der Waals surface area (Å²) in [4.78, 5) is 55.6. The Morgan fingerprint density at radius 1 is 1.00 bits per heavy atom. The highest BCUT2D eigenvalue weighted by Gasteiger charge is 2.56. The van der Waals surface area contributed by atoms with Crippen LogP contribution in [0, 0.1) is 17.8 Å². The Morgan fingerprint density at radius 2 is 1.76 bits per heavy atom. The third-order valence-corrected chi connectivity index (χ3v) is 9.04. The molecule has 2 N–H and O–H groups in total. The summed E-state index contributed by atoms with van der Waals surface area (Å²) < 4.78 is 0. The van der Waals surface area contributed by atoms with Crippen molar-refractivity contribution in [1.82, 2.24) is 4.90 Å². The predicted molar refractivity (Wildman–Crippen MR) is 152 cm³/mol. The number of likely N-dealkylation sites (tertiary alicyclic amines) is 1. The van der Waals surface area contributed by atoms with Crippen molar-refractivity contribution in [3.8, 4) is 11.5 Å². The number of hydrogen-bond donors (Lipinski definition) is 2. The number of aromatic hydroxyl groups is 2. The number of para-hydroxylation sites is 1. The van der Waals surface area contributed by atoms with Gasteiger partial charge >= 0.3 is 0 Å². The number of carbonyl (C=O) groups excluding carboxylic acids is 4. The van der Waals surface area contributed by atoms with Crippen molar-refractivity contribution in [2.24, 2.45) is 17.8 Å². The Kier molecular flexibility index (Phi) is 6.60. The molecule has 1 aliphatic heterocycles. The first-order valence-electron chi connectivity index (χ1n) is 14.0. The number of benzene rings is 2. The number of fused-ring (bicyclic) bond motifs is 3. The third kappa shape index (κ3) is 4.27. The third-order valence-electron chi connectivity index (χ3n) is 9.04. The van der Waals surface area contributed by atoms with Crippen LogP contribution in [-0.2, 0) is 32.0 Å². The molecule has 0 radical (unpaired) electrons. The van der Waals surface area contributed by atoms with Crippen molar-refractivity contribution < 1.29 is 29.4 Å². The first-order chi connectivity index (χ1) is 19.7. The Hall–Kier alpha value is -4.52. The lowest BCUT2D eigenvalue weighted by Crippen LogP contribution is -2.40. The number of carbonyl (C=O) groups is 4. The summed E-state index contributed by atoms with van der Waals surface area (Å²) >= 11 is 0. The summed E-state index contributed by atoms with van der Waals surface area (Å²) in [6.45, 7) is 5.61. The molecule has 1 fully saturated rings. The van der Waals surface area contributed by atoms with Gasteiger partial charge in [0, 0.05) is 34.7 Å². The zero-order chi connectivity index (χ0) is 29.0. The Bertz CT molecular complexity index is 1610. The van der Waals surface area contributed by atoms with Gasteiger partial charge < -0.3 is 10.2 Å². The molecule has 2 aromatic rings. The van der Waals surface area contributed by atoms with Crippen LogP contribution in [0.5, 0.6) is 11.5 Å². The van der Waals surface area contributed by atoms with Crippen LogP contribution in [0.2, 0.25) is 0 Å². The van der Waals surface area contributed by atoms with E-state index in [-0.39, 0.29) is 47.8 Å². The van der Waals surface area contributed by atoms with Crippen LogP contribution in [0.4, 0.5) is 0 Å². The molecule has 0 spiro atoms. The molecular formula is C34H31NO6. The fourth-order valence-corrected chi connectivity index (χ4v) is 7.09. The zero-order valence-electron chi connectivity index (χ0n) is 22.8. The van der Waals surface area contributed by atoms with Gasteiger partial charge in [0.1, 0.15) is 11.5 Å². The monoisotopic (exact) mass is 549 g/mol. The molecule has 4 aliphatic rings. The highest BCUT2D eigenvalue weighted by Crippen LogP contribution is 2.56. The minimum atomic E-state index is -0.691. The lowest BCUT2D eigenvalue weighted by atomic mass is 9.59. The maximum absolute atomic E-state index is 13.9. The zero-order valence-corrected chi connectivity index (χ0v) is 22.8. The SMILES string of the molecule is C=CCc1cccc([C@H]2C3=CC[C@@H]4C(=O)N(CCc5ccc(O)cc5)C(=O)[C@@H]4[C@@H]3CC3=C2C(=O)C=C(C)C3=O)c1O. The van der Waals surface area contributed by atoms with Gasteiger partial charge in [-0.15, -0.1) is 6.58 Å². The van der Waals surface area contributed by atoms with Crippen LogP contribution in [0.15, 0.2) is 89.6 Å². The van der Waals surface area contributed by atoms with Crippen molar-refractivity contribution in [2.75, 3.05) is 6.54 Å². The molecule has 6 rings (SSSR count). The molecule has 1 heterocycles. The quantitative estimate of drug-likeness (QED) is 0.312. The van der Waals surface area contributed by atoms with Gasteiger partial charge in [0.15, 0.2) is 11.6 Å². The standard InChI is InChI=1S/C34H31NO6/c1-3-5-20-6-4-7-23(32(20)39)28-22-12-13-24-29(25(22)17-26-30(28)27(37)16-18(2)31(26)38)34(41)35(33(24)40)15-14-19-8-10-21(36)11-9-19/h3-4,6-12,16,24-25,28-29,36,39H,1,5,13-15,17H2,2H3/t24-,25+,28+,29-/m0/s1. The van der Waals surface area contributed by atoms with Crippen molar-refractivity contribution in [2.45, 2.75) is 38.5 Å². The van der Waals surface area contributed by atoms with Crippen molar-refractivity contribution in [3.63, 3.8) is 0 Å². The van der Waals surface area contributed by atoms with Crippen LogP contribution in [-0.4, -0.2) is 45.0 Å². The smallest absolute Gasteiger partial charge is 0.233 e. The minimum Gasteiger partial charge on any atom is -0.508 e. The fraction of sp³-hybridized carbons (Fsp3) is 0.294. The molecule has 1 saturated heterocycles. The van der Waals surface area contributed by atoms with E-state index in [4.69, 9.17) is 0 Å². The molecule has 208 valence electrons. The number of ketones is 2. The van der Waals surface area contributed by atoms with Gasteiger partial charge in [-0.3, -0.25) is 24.1 Å². The Morgan fingerprint density at radius 3 is 2.49 bits per heavy atom. The summed E-state index contributed by atoms with van der Waals surface area (Å²) in [6.07, 6.45) is 6.45. The summed E-state index contributed by atoms with van der Waals surface area (Å²) in [5, 5.41) is 20.9. The number of hydrogen-bond acceptors (Lipinski definition) is 6. The molecule has 0 unspecified atom stereocenters. The summed E-state index contributed by atoms with van der Waals surface area (Å²) in [6, 6.07) is 12.1. The molecule has 0 aromatic heterocycles. The van der Waals surface area contributed by atoms with E-state index in [1.54, 1.807) is 49.4 Å².